The van der Waals surface area contributed by atoms with Crippen LogP contribution in [0.4, 0.5) is 0 Å². The molecule has 0 aliphatic rings. The molecular formula is C12H23N2O3S-. The maximum Gasteiger partial charge on any atom is 0.0842 e. The largest absolute Gasteiger partial charge is 0.750 e. The lowest BCUT2D eigenvalue weighted by molar-refractivity contribution is 0.300. The molecule has 0 spiro atoms. The van der Waals surface area contributed by atoms with Gasteiger partial charge in [-0.1, -0.05) is 37.3 Å². The lowest BCUT2D eigenvalue weighted by atomic mass is 10.2. The second kappa shape index (κ2) is 12.7. The summed E-state index contributed by atoms with van der Waals surface area (Å²) in [6.07, 6.45) is 0.730. The van der Waals surface area contributed by atoms with E-state index in [1.165, 1.54) is 5.56 Å². The predicted molar refractivity (Wildman–Crippen MR) is 74.0 cm³/mol. The average Bonchev–Trinajstić information content (AvgIpc) is 2.27. The Morgan fingerprint density at radius 2 is 1.83 bits per heavy atom. The number of rotatable bonds is 5. The van der Waals surface area contributed by atoms with E-state index in [2.05, 4.69) is 47.4 Å². The fraction of sp³-hybridized carbons (Fsp3) is 0.500. The Labute approximate surface area is 112 Å². The maximum atomic E-state index is 9.54. The van der Waals surface area contributed by atoms with Crippen LogP contribution in [0, 0.1) is 0 Å². The number of nitrogens with zero attached hydrogens (tertiary/aromatic N) is 1. The van der Waals surface area contributed by atoms with Gasteiger partial charge in [-0.15, -0.1) is 0 Å². The Bertz CT molecular complexity index is 307. The van der Waals surface area contributed by atoms with Crippen LogP contribution in [0.25, 0.3) is 0 Å². The molecule has 0 fully saturated rings. The van der Waals surface area contributed by atoms with Gasteiger partial charge in [-0.05, 0) is 26.1 Å². The molecule has 1 aromatic carbocycles. The molecule has 0 aliphatic carbocycles. The molecule has 0 saturated heterocycles. The quantitative estimate of drug-likeness (QED) is 0.832. The molecule has 0 amide bonds. The zero-order valence-corrected chi connectivity index (χ0v) is 12.1. The third-order valence-corrected chi connectivity index (χ3v) is 2.08. The second-order valence-corrected chi connectivity index (χ2v) is 4.39. The molecule has 6 heteroatoms. The van der Waals surface area contributed by atoms with Crippen LogP contribution in [0.15, 0.2) is 30.3 Å². The minimum atomic E-state index is -2.32. The molecule has 0 saturated carbocycles. The maximum absolute atomic E-state index is 9.54. The van der Waals surface area contributed by atoms with E-state index in [1.807, 2.05) is 13.0 Å². The number of hydrogen-bond acceptors (Lipinski definition) is 5. The van der Waals surface area contributed by atoms with Crippen molar-refractivity contribution in [3.05, 3.63) is 35.9 Å². The lowest BCUT2D eigenvalue weighted by Gasteiger charge is -2.08. The highest BCUT2D eigenvalue weighted by Crippen LogP contribution is 1.99. The minimum Gasteiger partial charge on any atom is -0.750 e. The molecule has 1 aromatic rings. The highest BCUT2D eigenvalue weighted by molar-refractivity contribution is 7.74. The van der Waals surface area contributed by atoms with Crippen LogP contribution in [0.5, 0.6) is 0 Å². The molecule has 0 aliphatic heterocycles. The van der Waals surface area contributed by atoms with Crippen molar-refractivity contribution in [3.8, 4) is 0 Å². The van der Waals surface area contributed by atoms with E-state index in [0.717, 1.165) is 13.0 Å². The fourth-order valence-corrected chi connectivity index (χ4v) is 1.40. The van der Waals surface area contributed by atoms with E-state index >= 15 is 0 Å². The van der Waals surface area contributed by atoms with Gasteiger partial charge < -0.3 is 19.8 Å². The van der Waals surface area contributed by atoms with Crippen LogP contribution in [-0.2, 0) is 22.1 Å². The summed E-state index contributed by atoms with van der Waals surface area (Å²) in [6, 6.07) is 10.5. The van der Waals surface area contributed by atoms with Crippen LogP contribution in [0.1, 0.15) is 18.9 Å². The summed E-state index contributed by atoms with van der Waals surface area (Å²) in [5, 5.41) is 0. The Hall–Kier alpha value is -0.790. The molecule has 0 heterocycles. The molecular weight excluding hydrogens is 252 g/mol. The first-order valence-corrected chi connectivity index (χ1v) is 6.47. The van der Waals surface area contributed by atoms with Crippen molar-refractivity contribution in [1.29, 1.82) is 0 Å². The van der Waals surface area contributed by atoms with Gasteiger partial charge in [0.25, 0.3) is 0 Å². The Balaban J connectivity index is 0. The van der Waals surface area contributed by atoms with Crippen molar-refractivity contribution in [3.63, 3.8) is 0 Å². The normalized spacial score (nSPS) is 11.2. The Morgan fingerprint density at radius 1 is 1.28 bits per heavy atom. The van der Waals surface area contributed by atoms with Crippen molar-refractivity contribution in [2.45, 2.75) is 19.9 Å². The summed E-state index contributed by atoms with van der Waals surface area (Å²) >= 11 is -2.32. The van der Waals surface area contributed by atoms with E-state index in [4.69, 9.17) is 0 Å². The van der Waals surface area contributed by atoms with Gasteiger partial charge >= 0.3 is 0 Å². The summed E-state index contributed by atoms with van der Waals surface area (Å²) in [6.45, 7) is 3.16. The van der Waals surface area contributed by atoms with Gasteiger partial charge in [-0.3, -0.25) is 0 Å². The standard InChI is InChI=1S/C9H13N.C3H8O3S.H3N/c1-10(2)8-9-6-4-3-5-7-9;1-2-3-6-7(4)5;/h3-7H,8H2,1-2H3;2-3H2,1H3,(H,4,5);1H3/p-1. The summed E-state index contributed by atoms with van der Waals surface area (Å²) in [5.41, 5.74) is 1.37. The molecule has 1 atom stereocenters. The zero-order valence-electron chi connectivity index (χ0n) is 11.3. The molecule has 3 N–H and O–H groups in total. The molecule has 0 radical (unpaired) electrons. The highest BCUT2D eigenvalue weighted by Gasteiger charge is 1.90. The zero-order chi connectivity index (χ0) is 13.1. The summed E-state index contributed by atoms with van der Waals surface area (Å²) < 4.78 is 23.2. The smallest absolute Gasteiger partial charge is 0.0842 e. The highest BCUT2D eigenvalue weighted by atomic mass is 32.2. The third-order valence-electron chi connectivity index (χ3n) is 1.73. The van der Waals surface area contributed by atoms with Crippen LogP contribution in [0.3, 0.4) is 0 Å². The topological polar surface area (TPSA) is 87.6 Å². The third kappa shape index (κ3) is 13.3. The van der Waals surface area contributed by atoms with Gasteiger partial charge in [0, 0.05) is 6.54 Å². The molecule has 5 nitrogen and oxygen atoms in total. The Kier molecular flexibility index (Phi) is 13.7. The van der Waals surface area contributed by atoms with Gasteiger partial charge in [-0.2, -0.15) is 0 Å². The first-order chi connectivity index (χ1) is 8.06. The molecule has 18 heavy (non-hydrogen) atoms. The van der Waals surface area contributed by atoms with Gasteiger partial charge in [0.2, 0.25) is 0 Å². The van der Waals surface area contributed by atoms with E-state index in [0.29, 0.717) is 0 Å². The van der Waals surface area contributed by atoms with Gasteiger partial charge in [0.05, 0.1) is 18.0 Å². The summed E-state index contributed by atoms with van der Waals surface area (Å²) in [4.78, 5) is 2.16. The van der Waals surface area contributed by atoms with Gasteiger partial charge in [0.1, 0.15) is 0 Å². The van der Waals surface area contributed by atoms with Crippen LogP contribution >= 0.6 is 0 Å². The van der Waals surface area contributed by atoms with Crippen LogP contribution in [0.2, 0.25) is 0 Å². The first-order valence-electron chi connectivity index (χ1n) is 5.47. The van der Waals surface area contributed by atoms with E-state index < -0.39 is 11.4 Å². The van der Waals surface area contributed by atoms with Gasteiger partial charge in [-0.25, -0.2) is 4.21 Å². The Morgan fingerprint density at radius 3 is 2.17 bits per heavy atom. The molecule has 0 aromatic heterocycles. The average molecular weight is 275 g/mol. The monoisotopic (exact) mass is 275 g/mol. The van der Waals surface area contributed by atoms with Gasteiger partial charge in [0.15, 0.2) is 0 Å². The fourth-order valence-electron chi connectivity index (χ4n) is 1.10. The second-order valence-electron chi connectivity index (χ2n) is 3.75. The van der Waals surface area contributed by atoms with Crippen LogP contribution in [-0.4, -0.2) is 34.4 Å². The molecule has 1 unspecified atom stereocenters. The predicted octanol–water partition coefficient (Wildman–Crippen LogP) is 2.12. The number of benzene rings is 1. The van der Waals surface area contributed by atoms with Crippen molar-refractivity contribution in [1.82, 2.24) is 11.1 Å². The molecule has 0 bridgehead atoms. The SMILES string of the molecule is CCCOS(=O)[O-].CN(C)Cc1ccccc1.N. The molecule has 106 valence electrons. The number of hydrogen-bond donors (Lipinski definition) is 1. The first kappa shape index (κ1) is 19.5. The van der Waals surface area contributed by atoms with Crippen molar-refractivity contribution in [2.75, 3.05) is 20.7 Å². The lowest BCUT2D eigenvalue weighted by Crippen LogP contribution is -2.10. The van der Waals surface area contributed by atoms with E-state index in [9.17, 15) is 8.76 Å². The summed E-state index contributed by atoms with van der Waals surface area (Å²) in [7, 11) is 4.15. The van der Waals surface area contributed by atoms with Crippen molar-refractivity contribution < 1.29 is 12.9 Å². The van der Waals surface area contributed by atoms with Crippen molar-refractivity contribution in [2.24, 2.45) is 0 Å². The van der Waals surface area contributed by atoms with Crippen LogP contribution < -0.4 is 6.15 Å². The van der Waals surface area contributed by atoms with E-state index in [1.54, 1.807) is 0 Å². The van der Waals surface area contributed by atoms with Crippen molar-refractivity contribution >= 4 is 11.4 Å². The molecule has 1 rings (SSSR count). The summed E-state index contributed by atoms with van der Waals surface area (Å²) in [5.74, 6) is 0. The minimum absolute atomic E-state index is 0. The van der Waals surface area contributed by atoms with E-state index in [-0.39, 0.29) is 12.8 Å².